The molecule has 0 aromatic carbocycles. The van der Waals surface area contributed by atoms with Gasteiger partial charge in [0.25, 0.3) is 5.91 Å². The van der Waals surface area contributed by atoms with Crippen LogP contribution in [0.4, 0.5) is 10.8 Å². The normalized spacial score (nSPS) is 10.2. The topological polar surface area (TPSA) is 93.8 Å². The minimum atomic E-state index is -0.475. The molecule has 88 valence electrons. The highest BCUT2D eigenvalue weighted by molar-refractivity contribution is 7.13. The standard InChI is InChI=1S/C8H5Cl2N5OS/c9-5-4(6(10)13-2-12-5)15-7(16)3-1-17-8(11)14-3/h1-2H,(H2,11,14)(H,15,16). The number of rotatable bonds is 2. The second-order valence-electron chi connectivity index (χ2n) is 2.86. The van der Waals surface area contributed by atoms with Crippen LogP contribution in [0.5, 0.6) is 0 Å². The number of amides is 1. The molecular weight excluding hydrogens is 285 g/mol. The molecule has 3 N–H and O–H groups in total. The molecule has 17 heavy (non-hydrogen) atoms. The molecule has 0 bridgehead atoms. The lowest BCUT2D eigenvalue weighted by molar-refractivity contribution is 0.102. The molecule has 2 rings (SSSR count). The maximum atomic E-state index is 11.7. The van der Waals surface area contributed by atoms with Crippen molar-refractivity contribution < 1.29 is 4.79 Å². The Balaban J connectivity index is 2.24. The second kappa shape index (κ2) is 4.82. The van der Waals surface area contributed by atoms with Gasteiger partial charge in [0.1, 0.15) is 17.7 Å². The van der Waals surface area contributed by atoms with E-state index in [1.165, 1.54) is 11.7 Å². The minimum Gasteiger partial charge on any atom is -0.375 e. The maximum absolute atomic E-state index is 11.7. The van der Waals surface area contributed by atoms with Gasteiger partial charge in [0.05, 0.1) is 0 Å². The van der Waals surface area contributed by atoms with Crippen molar-refractivity contribution in [2.24, 2.45) is 0 Å². The fourth-order valence-corrected chi connectivity index (χ4v) is 1.97. The number of carbonyl (C=O) groups excluding carboxylic acids is 1. The van der Waals surface area contributed by atoms with Gasteiger partial charge >= 0.3 is 0 Å². The summed E-state index contributed by atoms with van der Waals surface area (Å²) in [7, 11) is 0. The van der Waals surface area contributed by atoms with Gasteiger partial charge in [-0.3, -0.25) is 4.79 Å². The Bertz CT molecular complexity index is 553. The first-order valence-electron chi connectivity index (χ1n) is 4.26. The summed E-state index contributed by atoms with van der Waals surface area (Å²) in [6, 6.07) is 0. The van der Waals surface area contributed by atoms with Crippen LogP contribution in [0.25, 0.3) is 0 Å². The summed E-state index contributed by atoms with van der Waals surface area (Å²) >= 11 is 12.7. The zero-order chi connectivity index (χ0) is 12.4. The predicted octanol–water partition coefficient (Wildman–Crippen LogP) is 2.07. The first-order valence-corrected chi connectivity index (χ1v) is 5.90. The summed E-state index contributed by atoms with van der Waals surface area (Å²) in [5, 5.41) is 4.41. The van der Waals surface area contributed by atoms with Crippen molar-refractivity contribution >= 4 is 51.3 Å². The highest BCUT2D eigenvalue weighted by Crippen LogP contribution is 2.26. The van der Waals surface area contributed by atoms with E-state index in [9.17, 15) is 4.79 Å². The van der Waals surface area contributed by atoms with E-state index in [2.05, 4.69) is 20.3 Å². The summed E-state index contributed by atoms with van der Waals surface area (Å²) in [5.74, 6) is -0.475. The largest absolute Gasteiger partial charge is 0.375 e. The van der Waals surface area contributed by atoms with E-state index in [-0.39, 0.29) is 21.7 Å². The van der Waals surface area contributed by atoms with Crippen LogP contribution in [0.1, 0.15) is 10.5 Å². The van der Waals surface area contributed by atoms with Gasteiger partial charge < -0.3 is 11.1 Å². The lowest BCUT2D eigenvalue weighted by Gasteiger charge is -2.05. The molecular formula is C8H5Cl2N5OS. The van der Waals surface area contributed by atoms with Crippen molar-refractivity contribution in [3.63, 3.8) is 0 Å². The van der Waals surface area contributed by atoms with Crippen molar-refractivity contribution in [1.82, 2.24) is 15.0 Å². The Hall–Kier alpha value is -1.44. The maximum Gasteiger partial charge on any atom is 0.275 e. The average molecular weight is 290 g/mol. The SMILES string of the molecule is Nc1nc(C(=O)Nc2c(Cl)ncnc2Cl)cs1. The minimum absolute atomic E-state index is 0.0570. The van der Waals surface area contributed by atoms with Crippen molar-refractivity contribution in [2.45, 2.75) is 0 Å². The Kier molecular flexibility index (Phi) is 3.41. The first-order chi connectivity index (χ1) is 8.08. The quantitative estimate of drug-likeness (QED) is 0.826. The molecule has 0 spiro atoms. The number of halogens is 2. The molecule has 2 aromatic heterocycles. The first kappa shape index (κ1) is 12.0. The van der Waals surface area contributed by atoms with Gasteiger partial charge in [0.15, 0.2) is 15.4 Å². The van der Waals surface area contributed by atoms with Crippen LogP contribution in [-0.4, -0.2) is 20.9 Å². The zero-order valence-corrected chi connectivity index (χ0v) is 10.5. The molecule has 9 heteroatoms. The number of anilines is 2. The number of hydrogen-bond acceptors (Lipinski definition) is 6. The predicted molar refractivity (Wildman–Crippen MR) is 66.5 cm³/mol. The lowest BCUT2D eigenvalue weighted by atomic mass is 10.4. The van der Waals surface area contributed by atoms with Gasteiger partial charge in [-0.2, -0.15) is 0 Å². The molecule has 6 nitrogen and oxygen atoms in total. The lowest BCUT2D eigenvalue weighted by Crippen LogP contribution is -2.13. The van der Waals surface area contributed by atoms with E-state index in [0.717, 1.165) is 11.3 Å². The number of hydrogen-bond donors (Lipinski definition) is 2. The van der Waals surface area contributed by atoms with Gasteiger partial charge in [0.2, 0.25) is 0 Å². The Morgan fingerprint density at radius 2 is 2.00 bits per heavy atom. The molecule has 0 aliphatic heterocycles. The summed E-state index contributed by atoms with van der Waals surface area (Å²) in [5.41, 5.74) is 5.75. The molecule has 0 atom stereocenters. The number of nitrogen functional groups attached to an aromatic ring is 1. The number of nitrogens with two attached hydrogens (primary N) is 1. The van der Waals surface area contributed by atoms with E-state index in [1.54, 1.807) is 0 Å². The Morgan fingerprint density at radius 1 is 1.35 bits per heavy atom. The van der Waals surface area contributed by atoms with Crippen LogP contribution in [-0.2, 0) is 0 Å². The van der Waals surface area contributed by atoms with E-state index in [0.29, 0.717) is 5.13 Å². The average Bonchev–Trinajstić information content (AvgIpc) is 2.70. The Labute approximate surface area is 110 Å². The van der Waals surface area contributed by atoms with E-state index in [1.807, 2.05) is 0 Å². The zero-order valence-electron chi connectivity index (χ0n) is 8.15. The molecule has 0 radical (unpaired) electrons. The number of aromatic nitrogens is 3. The molecule has 0 saturated carbocycles. The smallest absolute Gasteiger partial charge is 0.275 e. The van der Waals surface area contributed by atoms with Crippen molar-refractivity contribution in [2.75, 3.05) is 11.1 Å². The van der Waals surface area contributed by atoms with Crippen molar-refractivity contribution in [1.29, 1.82) is 0 Å². The molecule has 0 saturated heterocycles. The highest BCUT2D eigenvalue weighted by Gasteiger charge is 2.15. The Morgan fingerprint density at radius 3 is 2.53 bits per heavy atom. The number of nitrogens with one attached hydrogen (secondary N) is 1. The third kappa shape index (κ3) is 2.63. The van der Waals surface area contributed by atoms with E-state index >= 15 is 0 Å². The fourth-order valence-electron chi connectivity index (χ4n) is 1.02. The van der Waals surface area contributed by atoms with E-state index < -0.39 is 5.91 Å². The van der Waals surface area contributed by atoms with Gasteiger partial charge in [-0.05, 0) is 0 Å². The second-order valence-corrected chi connectivity index (χ2v) is 4.46. The third-order valence-electron chi connectivity index (χ3n) is 1.75. The van der Waals surface area contributed by atoms with Crippen LogP contribution in [0.2, 0.25) is 10.3 Å². The third-order valence-corrected chi connectivity index (χ3v) is 2.99. The van der Waals surface area contributed by atoms with Gasteiger partial charge in [-0.25, -0.2) is 15.0 Å². The molecule has 1 amide bonds. The number of carbonyl (C=O) groups is 1. The fraction of sp³-hybridized carbons (Fsp3) is 0. The van der Waals surface area contributed by atoms with Crippen LogP contribution < -0.4 is 11.1 Å². The molecule has 0 fully saturated rings. The summed E-state index contributed by atoms with van der Waals surface area (Å²) in [4.78, 5) is 23.0. The van der Waals surface area contributed by atoms with Crippen LogP contribution >= 0.6 is 34.5 Å². The molecule has 2 heterocycles. The molecule has 0 unspecified atom stereocenters. The number of nitrogens with zero attached hydrogens (tertiary/aromatic N) is 3. The van der Waals surface area contributed by atoms with Crippen molar-refractivity contribution in [3.8, 4) is 0 Å². The van der Waals surface area contributed by atoms with Crippen LogP contribution in [0.15, 0.2) is 11.7 Å². The van der Waals surface area contributed by atoms with Gasteiger partial charge in [-0.1, -0.05) is 23.2 Å². The number of thiazole rings is 1. The van der Waals surface area contributed by atoms with Crippen LogP contribution in [0.3, 0.4) is 0 Å². The van der Waals surface area contributed by atoms with Gasteiger partial charge in [-0.15, -0.1) is 11.3 Å². The molecule has 0 aliphatic rings. The van der Waals surface area contributed by atoms with E-state index in [4.69, 9.17) is 28.9 Å². The van der Waals surface area contributed by atoms with Crippen molar-refractivity contribution in [3.05, 3.63) is 27.7 Å². The summed E-state index contributed by atoms with van der Waals surface area (Å²) in [6.07, 6.45) is 1.20. The van der Waals surface area contributed by atoms with Crippen LogP contribution in [0, 0.1) is 0 Å². The highest BCUT2D eigenvalue weighted by atomic mass is 35.5. The monoisotopic (exact) mass is 289 g/mol. The molecule has 0 aliphatic carbocycles. The summed E-state index contributed by atoms with van der Waals surface area (Å²) in [6.45, 7) is 0. The van der Waals surface area contributed by atoms with Gasteiger partial charge in [0, 0.05) is 5.38 Å². The molecule has 2 aromatic rings. The summed E-state index contributed by atoms with van der Waals surface area (Å²) < 4.78 is 0.